The smallest absolute Gasteiger partial charge is 0.229 e. The van der Waals surface area contributed by atoms with E-state index < -0.39 is 5.41 Å². The Bertz CT molecular complexity index is 303. The van der Waals surface area contributed by atoms with Crippen LogP contribution in [0.1, 0.15) is 33.1 Å². The first-order chi connectivity index (χ1) is 7.95. The highest BCUT2D eigenvalue weighted by Gasteiger charge is 2.39. The Labute approximate surface area is 104 Å². The van der Waals surface area contributed by atoms with Gasteiger partial charge in [0.05, 0.1) is 5.41 Å². The molecule has 0 saturated carbocycles. The minimum absolute atomic E-state index is 0.223. The average Bonchev–Trinajstić information content (AvgIpc) is 2.52. The van der Waals surface area contributed by atoms with Gasteiger partial charge in [0.1, 0.15) is 0 Å². The van der Waals surface area contributed by atoms with Crippen LogP contribution in [0.15, 0.2) is 0 Å². The third-order valence-electron chi connectivity index (χ3n) is 4.52. The number of likely N-dealkylation sites (tertiary alicyclic amines) is 1. The Kier molecular flexibility index (Phi) is 3.46. The lowest BCUT2D eigenvalue weighted by Gasteiger charge is -2.32. The van der Waals surface area contributed by atoms with Crippen molar-refractivity contribution in [3.05, 3.63) is 0 Å². The highest BCUT2D eigenvalue weighted by Crippen LogP contribution is 2.30. The Morgan fingerprint density at radius 3 is 2.59 bits per heavy atom. The fourth-order valence-electron chi connectivity index (χ4n) is 3.01. The van der Waals surface area contributed by atoms with E-state index in [4.69, 9.17) is 5.73 Å². The van der Waals surface area contributed by atoms with Gasteiger partial charge < -0.3 is 10.6 Å². The molecule has 0 radical (unpaired) electrons. The topological polar surface area (TPSA) is 49.6 Å². The summed E-state index contributed by atoms with van der Waals surface area (Å²) < 4.78 is 0. The van der Waals surface area contributed by atoms with E-state index in [2.05, 4.69) is 11.9 Å². The van der Waals surface area contributed by atoms with Crippen LogP contribution in [0.3, 0.4) is 0 Å². The second-order valence-electron chi connectivity index (χ2n) is 6.18. The third kappa shape index (κ3) is 2.33. The number of nitrogens with zero attached hydrogens (tertiary/aromatic N) is 2. The Hall–Kier alpha value is -0.610. The van der Waals surface area contributed by atoms with Gasteiger partial charge in [-0.05, 0) is 40.2 Å². The number of likely N-dealkylation sites (N-methyl/N-ethyl adjacent to an activating group) is 1. The number of rotatable bonds is 2. The fraction of sp³-hybridized carbons (Fsp3) is 0.923. The van der Waals surface area contributed by atoms with E-state index in [0.717, 1.165) is 19.5 Å². The molecule has 98 valence electrons. The van der Waals surface area contributed by atoms with E-state index >= 15 is 0 Å². The third-order valence-corrected chi connectivity index (χ3v) is 4.52. The van der Waals surface area contributed by atoms with Crippen molar-refractivity contribution in [2.45, 2.75) is 45.2 Å². The predicted molar refractivity (Wildman–Crippen MR) is 68.6 cm³/mol. The molecule has 2 aliphatic heterocycles. The van der Waals surface area contributed by atoms with Gasteiger partial charge in [-0.1, -0.05) is 0 Å². The number of carbonyl (C=O) groups excluding carboxylic acids is 1. The molecule has 0 aromatic rings. The number of fused-ring (bicyclic) bond motifs is 2. The normalized spacial score (nSPS) is 30.5. The van der Waals surface area contributed by atoms with E-state index in [9.17, 15) is 4.79 Å². The van der Waals surface area contributed by atoms with Crippen LogP contribution in [0.4, 0.5) is 0 Å². The maximum absolute atomic E-state index is 12.4. The lowest BCUT2D eigenvalue weighted by Crippen LogP contribution is -2.47. The van der Waals surface area contributed by atoms with Crippen LogP contribution < -0.4 is 5.73 Å². The van der Waals surface area contributed by atoms with Gasteiger partial charge in [0.25, 0.3) is 0 Å². The quantitative estimate of drug-likeness (QED) is 0.770. The maximum Gasteiger partial charge on any atom is 0.229 e. The van der Waals surface area contributed by atoms with Crippen LogP contribution >= 0.6 is 0 Å². The van der Waals surface area contributed by atoms with Gasteiger partial charge in [-0.15, -0.1) is 0 Å². The molecule has 2 bridgehead atoms. The first-order valence-electron chi connectivity index (χ1n) is 6.67. The number of hydrogen-bond donors (Lipinski definition) is 1. The monoisotopic (exact) mass is 239 g/mol. The molecule has 2 rings (SSSR count). The maximum atomic E-state index is 12.4. The van der Waals surface area contributed by atoms with E-state index in [1.165, 1.54) is 12.8 Å². The van der Waals surface area contributed by atoms with Crippen molar-refractivity contribution in [2.24, 2.45) is 11.1 Å². The first-order valence-corrected chi connectivity index (χ1v) is 6.67. The van der Waals surface area contributed by atoms with Crippen molar-refractivity contribution in [3.63, 3.8) is 0 Å². The van der Waals surface area contributed by atoms with Crippen LogP contribution in [0.5, 0.6) is 0 Å². The van der Waals surface area contributed by atoms with E-state index in [1.54, 1.807) is 0 Å². The molecule has 2 unspecified atom stereocenters. The Morgan fingerprint density at radius 2 is 1.94 bits per heavy atom. The standard InChI is InChI=1S/C13H25N3O/c1-13(2,9-14)12(17)16-7-6-10-4-5-11(8-16)15(10)3/h10-11H,4-9,14H2,1-3H3. The number of nitrogens with two attached hydrogens (primary N) is 1. The van der Waals surface area contributed by atoms with E-state index in [0.29, 0.717) is 18.6 Å². The minimum atomic E-state index is -0.415. The molecular weight excluding hydrogens is 214 g/mol. The molecule has 0 spiro atoms. The van der Waals surface area contributed by atoms with Gasteiger partial charge in [0, 0.05) is 31.7 Å². The minimum Gasteiger partial charge on any atom is -0.341 e. The van der Waals surface area contributed by atoms with E-state index in [1.807, 2.05) is 18.7 Å². The van der Waals surface area contributed by atoms with E-state index in [-0.39, 0.29) is 5.91 Å². The highest BCUT2D eigenvalue weighted by molar-refractivity contribution is 5.82. The Morgan fingerprint density at radius 1 is 1.29 bits per heavy atom. The van der Waals surface area contributed by atoms with Crippen molar-refractivity contribution in [1.82, 2.24) is 9.80 Å². The number of amides is 1. The van der Waals surface area contributed by atoms with Crippen molar-refractivity contribution in [1.29, 1.82) is 0 Å². The van der Waals surface area contributed by atoms with Crippen molar-refractivity contribution >= 4 is 5.91 Å². The second kappa shape index (κ2) is 4.58. The molecular formula is C13H25N3O. The number of hydrogen-bond acceptors (Lipinski definition) is 3. The summed E-state index contributed by atoms with van der Waals surface area (Å²) >= 11 is 0. The Balaban J connectivity index is 2.06. The highest BCUT2D eigenvalue weighted by atomic mass is 16.2. The largest absolute Gasteiger partial charge is 0.341 e. The van der Waals surface area contributed by atoms with Gasteiger partial charge in [-0.3, -0.25) is 9.69 Å². The zero-order valence-electron chi connectivity index (χ0n) is 11.3. The summed E-state index contributed by atoms with van der Waals surface area (Å²) in [7, 11) is 2.20. The molecule has 2 saturated heterocycles. The number of carbonyl (C=O) groups is 1. The molecule has 0 aliphatic carbocycles. The van der Waals surface area contributed by atoms with Crippen LogP contribution in [0.2, 0.25) is 0 Å². The van der Waals surface area contributed by atoms with Crippen molar-refractivity contribution in [2.75, 3.05) is 26.7 Å². The first kappa shape index (κ1) is 12.8. The zero-order chi connectivity index (χ0) is 12.6. The summed E-state index contributed by atoms with van der Waals surface area (Å²) in [5, 5.41) is 0. The molecule has 4 nitrogen and oxygen atoms in total. The predicted octanol–water partition coefficient (Wildman–Crippen LogP) is 0.666. The zero-order valence-corrected chi connectivity index (χ0v) is 11.3. The summed E-state index contributed by atoms with van der Waals surface area (Å²) in [6.07, 6.45) is 3.64. The van der Waals surface area contributed by atoms with Crippen LogP contribution in [-0.2, 0) is 4.79 Å². The molecule has 4 heteroatoms. The van der Waals surface area contributed by atoms with Crippen LogP contribution in [0.25, 0.3) is 0 Å². The van der Waals surface area contributed by atoms with Crippen LogP contribution in [0, 0.1) is 5.41 Å². The lowest BCUT2D eigenvalue weighted by atomic mass is 9.91. The molecule has 0 aromatic carbocycles. The molecule has 2 N–H and O–H groups in total. The fourth-order valence-corrected chi connectivity index (χ4v) is 3.01. The van der Waals surface area contributed by atoms with Gasteiger partial charge in [0.2, 0.25) is 5.91 Å². The summed E-state index contributed by atoms with van der Waals surface area (Å²) in [5.74, 6) is 0.223. The second-order valence-corrected chi connectivity index (χ2v) is 6.18. The average molecular weight is 239 g/mol. The molecule has 1 amide bonds. The molecule has 0 aromatic heterocycles. The molecule has 2 atom stereocenters. The van der Waals surface area contributed by atoms with Crippen molar-refractivity contribution < 1.29 is 4.79 Å². The van der Waals surface area contributed by atoms with Crippen molar-refractivity contribution in [3.8, 4) is 0 Å². The van der Waals surface area contributed by atoms with Gasteiger partial charge in [-0.2, -0.15) is 0 Å². The molecule has 17 heavy (non-hydrogen) atoms. The summed E-state index contributed by atoms with van der Waals surface area (Å²) in [4.78, 5) is 16.9. The molecule has 2 fully saturated rings. The summed E-state index contributed by atoms with van der Waals surface area (Å²) in [5.41, 5.74) is 5.28. The summed E-state index contributed by atoms with van der Waals surface area (Å²) in [6, 6.07) is 1.24. The lowest BCUT2D eigenvalue weighted by molar-refractivity contribution is -0.140. The van der Waals surface area contributed by atoms with Crippen LogP contribution in [-0.4, -0.2) is 54.5 Å². The van der Waals surface area contributed by atoms with Gasteiger partial charge >= 0.3 is 0 Å². The summed E-state index contributed by atoms with van der Waals surface area (Å²) in [6.45, 7) is 6.10. The molecule has 2 aliphatic rings. The van der Waals surface area contributed by atoms with Gasteiger partial charge in [0.15, 0.2) is 0 Å². The van der Waals surface area contributed by atoms with Gasteiger partial charge in [-0.25, -0.2) is 0 Å². The molecule has 2 heterocycles. The SMILES string of the molecule is CN1C2CCC1CN(C(=O)C(C)(C)CN)CC2.